The van der Waals surface area contributed by atoms with Gasteiger partial charge in [0.1, 0.15) is 0 Å². The molecule has 4 rings (SSSR count). The summed E-state index contributed by atoms with van der Waals surface area (Å²) in [5, 5.41) is 3.97. The molecule has 2 aromatic carbocycles. The number of rotatable bonds is 5. The first-order valence-electron chi connectivity index (χ1n) is 10.3. The lowest BCUT2D eigenvalue weighted by Gasteiger charge is -2.39. The Morgan fingerprint density at radius 1 is 0.861 bits per heavy atom. The molecular weight excluding hydrogens is 496 g/mol. The molecule has 2 heterocycles. The van der Waals surface area contributed by atoms with Crippen LogP contribution in [0.5, 0.6) is 17.2 Å². The first-order valence-corrected chi connectivity index (χ1v) is 10.3. The van der Waals surface area contributed by atoms with E-state index < -0.39 is 40.9 Å². The number of halogens is 6. The molecule has 3 aromatic rings. The second kappa shape index (κ2) is 8.64. The second-order valence-electron chi connectivity index (χ2n) is 7.64. The lowest BCUT2D eigenvalue weighted by molar-refractivity contribution is -0.370. The summed E-state index contributed by atoms with van der Waals surface area (Å²) in [6.07, 6.45) is -11.9. The van der Waals surface area contributed by atoms with Gasteiger partial charge in [-0.15, -0.1) is 0 Å². The normalized spacial score (nSPS) is 15.0. The molecule has 0 atom stereocenters. The highest BCUT2D eigenvalue weighted by Gasteiger charge is 2.77. The van der Waals surface area contributed by atoms with Crippen LogP contribution in [0.1, 0.15) is 16.8 Å². The van der Waals surface area contributed by atoms with Crippen LogP contribution in [-0.2, 0) is 10.3 Å². The van der Waals surface area contributed by atoms with Crippen LogP contribution in [0.15, 0.2) is 47.5 Å². The van der Waals surface area contributed by atoms with E-state index in [0.717, 1.165) is 23.7 Å². The van der Waals surface area contributed by atoms with E-state index in [1.165, 1.54) is 33.5 Å². The lowest BCUT2D eigenvalue weighted by atomic mass is 9.90. The van der Waals surface area contributed by atoms with Crippen molar-refractivity contribution < 1.29 is 45.3 Å². The van der Waals surface area contributed by atoms with E-state index in [4.69, 9.17) is 18.9 Å². The predicted molar refractivity (Wildman–Crippen MR) is 115 cm³/mol. The van der Waals surface area contributed by atoms with E-state index in [1.54, 1.807) is 18.2 Å². The van der Waals surface area contributed by atoms with Gasteiger partial charge in [0, 0.05) is 5.56 Å². The van der Waals surface area contributed by atoms with E-state index in [0.29, 0.717) is 0 Å². The average molecular weight is 515 g/mol. The van der Waals surface area contributed by atoms with Gasteiger partial charge in [-0.25, -0.2) is 4.68 Å². The highest BCUT2D eigenvalue weighted by atomic mass is 19.4. The summed E-state index contributed by atoms with van der Waals surface area (Å²) in [7, 11) is 3.78. The number of alkyl halides is 6. The number of fused-ring (bicyclic) bond motifs is 1. The summed E-state index contributed by atoms with van der Waals surface area (Å²) in [6.45, 7) is 1.04. The fourth-order valence-electron chi connectivity index (χ4n) is 3.98. The second-order valence-corrected chi connectivity index (χ2v) is 7.64. The number of hydrogen-bond donors (Lipinski definition) is 0. The minimum atomic E-state index is -5.93. The van der Waals surface area contributed by atoms with E-state index in [9.17, 15) is 26.3 Å². The van der Waals surface area contributed by atoms with Crippen molar-refractivity contribution in [2.75, 3.05) is 21.3 Å². The third-order valence-corrected chi connectivity index (χ3v) is 5.56. The van der Waals surface area contributed by atoms with E-state index in [-0.39, 0.29) is 28.5 Å². The molecule has 7 nitrogen and oxygen atoms in total. The molecule has 0 saturated carbocycles. The highest BCUT2D eigenvalue weighted by molar-refractivity contribution is 5.99. The van der Waals surface area contributed by atoms with Crippen LogP contribution in [0.3, 0.4) is 0 Å². The first kappa shape index (κ1) is 25.2. The van der Waals surface area contributed by atoms with Crippen molar-refractivity contribution in [2.24, 2.45) is 4.99 Å². The molecule has 0 saturated heterocycles. The molecule has 1 aliphatic heterocycles. The quantitative estimate of drug-likeness (QED) is 0.412. The zero-order chi connectivity index (χ0) is 26.5. The van der Waals surface area contributed by atoms with Gasteiger partial charge in [-0.3, -0.25) is 0 Å². The Morgan fingerprint density at radius 2 is 1.42 bits per heavy atom. The zero-order valence-electron chi connectivity index (χ0n) is 19.3. The minimum absolute atomic E-state index is 0.0266. The Bertz CT molecular complexity index is 1280. The highest BCUT2D eigenvalue weighted by Crippen LogP contribution is 2.58. The Hall–Kier alpha value is -3.90. The molecule has 0 aliphatic carbocycles. The van der Waals surface area contributed by atoms with Crippen molar-refractivity contribution in [1.29, 1.82) is 0 Å². The van der Waals surface area contributed by atoms with E-state index in [1.807, 2.05) is 0 Å². The topological polar surface area (TPSA) is 67.1 Å². The number of aromatic nitrogens is 2. The maximum atomic E-state index is 14.5. The number of methoxy groups -OCH3 is 3. The summed E-state index contributed by atoms with van der Waals surface area (Å²) in [5.74, 6) is -1.62. The monoisotopic (exact) mass is 515 g/mol. The maximum absolute atomic E-state index is 14.5. The van der Waals surface area contributed by atoms with Gasteiger partial charge in [0.15, 0.2) is 17.3 Å². The minimum Gasteiger partial charge on any atom is -0.493 e. The Labute approximate surface area is 200 Å². The van der Waals surface area contributed by atoms with Crippen molar-refractivity contribution in [2.45, 2.75) is 24.9 Å². The van der Waals surface area contributed by atoms with Crippen LogP contribution in [0.4, 0.5) is 32.2 Å². The molecule has 0 fully saturated rings. The number of aryl methyl sites for hydroxylation is 1. The van der Waals surface area contributed by atoms with Crippen LogP contribution in [-0.4, -0.2) is 49.4 Å². The van der Waals surface area contributed by atoms with Gasteiger partial charge >= 0.3 is 18.0 Å². The Balaban J connectivity index is 2.09. The standard InChI is InChI=1S/C23H19F6N3O4/c1-12-17-19(32(31-12)14-8-6-5-7-9-14)30-20(36-21(17,22(24,25)26)23(27,28)29)13-10-15(33-2)18(35-4)16(11-13)34-3/h5-11H,1-4H3. The van der Waals surface area contributed by atoms with Gasteiger partial charge in [0.25, 0.3) is 0 Å². The van der Waals surface area contributed by atoms with Gasteiger partial charge in [0.05, 0.1) is 38.3 Å². The van der Waals surface area contributed by atoms with Crippen molar-refractivity contribution in [3.63, 3.8) is 0 Å². The summed E-state index contributed by atoms with van der Waals surface area (Å²) in [6, 6.07) is 9.97. The fraction of sp³-hybridized carbons (Fsp3) is 0.304. The largest absolute Gasteiger partial charge is 0.493 e. The smallest absolute Gasteiger partial charge is 0.442 e. The first-order chi connectivity index (χ1) is 16.9. The Morgan fingerprint density at radius 3 is 1.89 bits per heavy atom. The van der Waals surface area contributed by atoms with E-state index in [2.05, 4.69) is 10.1 Å². The number of benzene rings is 2. The molecule has 1 aromatic heterocycles. The molecule has 0 radical (unpaired) electrons. The summed E-state index contributed by atoms with van der Waals surface area (Å²) in [4.78, 5) is 4.08. The van der Waals surface area contributed by atoms with Gasteiger partial charge in [-0.05, 0) is 31.2 Å². The van der Waals surface area contributed by atoms with Crippen molar-refractivity contribution in [3.05, 3.63) is 59.3 Å². The molecular formula is C23H19F6N3O4. The molecule has 0 N–H and O–H groups in total. The van der Waals surface area contributed by atoms with Gasteiger partial charge in [-0.2, -0.15) is 36.4 Å². The summed E-state index contributed by atoms with van der Waals surface area (Å²) >= 11 is 0. The van der Waals surface area contributed by atoms with Crippen LogP contribution >= 0.6 is 0 Å². The molecule has 13 heteroatoms. The van der Waals surface area contributed by atoms with Gasteiger partial charge < -0.3 is 18.9 Å². The molecule has 0 unspecified atom stereocenters. The average Bonchev–Trinajstić information content (AvgIpc) is 3.18. The molecule has 1 aliphatic rings. The SMILES string of the molecule is COc1cc(C2=Nc3c(c(C)nn3-c3ccccc3)C(C(F)(F)F)(C(F)(F)F)O2)cc(OC)c1OC. The van der Waals surface area contributed by atoms with Crippen LogP contribution in [0, 0.1) is 6.92 Å². The number of hydrogen-bond acceptors (Lipinski definition) is 6. The van der Waals surface area contributed by atoms with Crippen LogP contribution in [0.2, 0.25) is 0 Å². The Kier molecular flexibility index (Phi) is 6.05. The maximum Gasteiger partial charge on any atom is 0.442 e. The molecule has 36 heavy (non-hydrogen) atoms. The molecule has 0 bridgehead atoms. The fourth-order valence-corrected chi connectivity index (χ4v) is 3.98. The van der Waals surface area contributed by atoms with Crippen molar-refractivity contribution in [3.8, 4) is 22.9 Å². The predicted octanol–water partition coefficient (Wildman–Crippen LogP) is 5.63. The van der Waals surface area contributed by atoms with E-state index >= 15 is 0 Å². The summed E-state index contributed by atoms with van der Waals surface area (Å²) in [5.41, 5.74) is -6.61. The molecule has 192 valence electrons. The lowest BCUT2D eigenvalue weighted by Crippen LogP contribution is -2.58. The third kappa shape index (κ3) is 3.69. The van der Waals surface area contributed by atoms with Gasteiger partial charge in [-0.1, -0.05) is 18.2 Å². The molecule has 0 spiro atoms. The third-order valence-electron chi connectivity index (χ3n) is 5.56. The number of ether oxygens (including phenoxy) is 4. The van der Waals surface area contributed by atoms with Gasteiger partial charge in [0.2, 0.25) is 11.6 Å². The number of para-hydroxylation sites is 1. The number of nitrogens with zero attached hydrogens (tertiary/aromatic N) is 3. The van der Waals surface area contributed by atoms with Crippen LogP contribution < -0.4 is 14.2 Å². The van der Waals surface area contributed by atoms with Crippen LogP contribution in [0.25, 0.3) is 5.69 Å². The summed E-state index contributed by atoms with van der Waals surface area (Å²) < 4.78 is 108. The van der Waals surface area contributed by atoms with Crippen molar-refractivity contribution >= 4 is 11.7 Å². The molecule has 0 amide bonds. The zero-order valence-corrected chi connectivity index (χ0v) is 19.3. The van der Waals surface area contributed by atoms with Crippen molar-refractivity contribution in [1.82, 2.24) is 9.78 Å². The number of aliphatic imine (C=N–C) groups is 1.